The van der Waals surface area contributed by atoms with Crippen LogP contribution in [0, 0.1) is 17.8 Å². The lowest BCUT2D eigenvalue weighted by Gasteiger charge is -2.37. The minimum Gasteiger partial charge on any atom is -0.369 e. The molecule has 38 heavy (non-hydrogen) atoms. The Morgan fingerprint density at radius 2 is 1.45 bits per heavy atom. The van der Waals surface area contributed by atoms with Crippen molar-refractivity contribution in [3.8, 4) is 0 Å². The Labute approximate surface area is 233 Å². The standard InChI is InChI=1S/C31H46N4O2S/c32-30-33-31(20-24-10-4-1-5-11-24,21-25-12-6-2-7-13-25)29(37)35(30)22-26-16-18-34(19-17-26)28(36)23-38-27-14-8-3-9-15-27/h3,8-9,14-15,24-26H,1-2,4-7,10-13,16-23H2,(H2,32,33). The molecule has 2 amide bonds. The van der Waals surface area contributed by atoms with Gasteiger partial charge in [-0.1, -0.05) is 82.4 Å². The molecule has 2 aliphatic carbocycles. The summed E-state index contributed by atoms with van der Waals surface area (Å²) in [5.74, 6) is 2.84. The van der Waals surface area contributed by atoms with Crippen LogP contribution in [0.3, 0.4) is 0 Å². The fourth-order valence-electron chi connectivity index (χ4n) is 7.32. The molecule has 0 bridgehead atoms. The Bertz CT molecular complexity index is 943. The lowest BCUT2D eigenvalue weighted by molar-refractivity contribution is -0.134. The van der Waals surface area contributed by atoms with Gasteiger partial charge < -0.3 is 10.6 Å². The lowest BCUT2D eigenvalue weighted by Crippen LogP contribution is -2.49. The third kappa shape index (κ3) is 6.75. The molecule has 0 unspecified atom stereocenters. The number of carbonyl (C=O) groups is 2. The molecule has 2 N–H and O–H groups in total. The highest BCUT2D eigenvalue weighted by Gasteiger charge is 2.50. The maximum atomic E-state index is 14.1. The summed E-state index contributed by atoms with van der Waals surface area (Å²) in [6.07, 6.45) is 16.3. The average molecular weight is 539 g/mol. The van der Waals surface area contributed by atoms with Gasteiger partial charge in [0.15, 0.2) is 5.96 Å². The third-order valence-electron chi connectivity index (χ3n) is 9.46. The highest BCUT2D eigenvalue weighted by atomic mass is 32.2. The van der Waals surface area contributed by atoms with E-state index in [1.807, 2.05) is 40.1 Å². The molecule has 3 fully saturated rings. The smallest absolute Gasteiger partial charge is 0.257 e. The quantitative estimate of drug-likeness (QED) is 0.400. The number of guanidine groups is 1. The van der Waals surface area contributed by atoms with Crippen LogP contribution in [0.4, 0.5) is 0 Å². The van der Waals surface area contributed by atoms with Gasteiger partial charge in [-0.25, -0.2) is 4.99 Å². The van der Waals surface area contributed by atoms with E-state index >= 15 is 0 Å². The van der Waals surface area contributed by atoms with Crippen molar-refractivity contribution >= 4 is 29.5 Å². The van der Waals surface area contributed by atoms with Gasteiger partial charge in [0.05, 0.1) is 5.75 Å². The van der Waals surface area contributed by atoms with E-state index in [1.54, 1.807) is 11.8 Å². The summed E-state index contributed by atoms with van der Waals surface area (Å²) in [6.45, 7) is 2.16. The monoisotopic (exact) mass is 538 g/mol. The minimum atomic E-state index is -0.639. The van der Waals surface area contributed by atoms with Crippen LogP contribution < -0.4 is 5.73 Å². The first kappa shape index (κ1) is 27.5. The van der Waals surface area contributed by atoms with Crippen LogP contribution in [0.25, 0.3) is 0 Å². The summed E-state index contributed by atoms with van der Waals surface area (Å²) < 4.78 is 0. The summed E-state index contributed by atoms with van der Waals surface area (Å²) in [5, 5.41) is 0. The Hall–Kier alpha value is -2.02. The first-order valence-corrected chi connectivity index (χ1v) is 16.1. The van der Waals surface area contributed by atoms with Gasteiger partial charge in [0.1, 0.15) is 5.54 Å². The summed E-state index contributed by atoms with van der Waals surface area (Å²) in [5.41, 5.74) is 5.89. The van der Waals surface area contributed by atoms with E-state index in [2.05, 4.69) is 0 Å². The molecule has 1 aromatic carbocycles. The Balaban J connectivity index is 1.17. The molecule has 0 radical (unpaired) electrons. The Morgan fingerprint density at radius 3 is 2.03 bits per heavy atom. The number of aliphatic imine (C=N–C) groups is 1. The first-order chi connectivity index (χ1) is 18.5. The van der Waals surface area contributed by atoms with Crippen molar-refractivity contribution in [2.75, 3.05) is 25.4 Å². The maximum absolute atomic E-state index is 14.1. The van der Waals surface area contributed by atoms with Crippen LogP contribution in [0.1, 0.15) is 89.9 Å². The topological polar surface area (TPSA) is 79.0 Å². The molecule has 4 aliphatic rings. The molecule has 2 aliphatic heterocycles. The van der Waals surface area contributed by atoms with Gasteiger partial charge in [-0.2, -0.15) is 0 Å². The number of nitrogens with two attached hydrogens (primary N) is 1. The van der Waals surface area contributed by atoms with Gasteiger partial charge in [0, 0.05) is 24.5 Å². The zero-order chi connectivity index (χ0) is 26.4. The van der Waals surface area contributed by atoms with E-state index in [0.29, 0.717) is 36.0 Å². The van der Waals surface area contributed by atoms with Gasteiger partial charge in [-0.15, -0.1) is 11.8 Å². The largest absolute Gasteiger partial charge is 0.369 e. The van der Waals surface area contributed by atoms with Gasteiger partial charge in [-0.05, 0) is 55.6 Å². The van der Waals surface area contributed by atoms with Crippen molar-refractivity contribution in [3.63, 3.8) is 0 Å². The summed E-state index contributed by atoms with van der Waals surface area (Å²) >= 11 is 1.60. The summed E-state index contributed by atoms with van der Waals surface area (Å²) in [7, 11) is 0. The summed E-state index contributed by atoms with van der Waals surface area (Å²) in [6, 6.07) is 10.1. The normalized spacial score (nSPS) is 23.6. The van der Waals surface area contributed by atoms with Crippen molar-refractivity contribution in [1.29, 1.82) is 0 Å². The van der Waals surface area contributed by atoms with Gasteiger partial charge in [0.2, 0.25) is 5.91 Å². The van der Waals surface area contributed by atoms with Crippen molar-refractivity contribution in [2.24, 2.45) is 28.5 Å². The molecule has 2 heterocycles. The SMILES string of the molecule is NC1=NC(CC2CCCCC2)(CC2CCCCC2)C(=O)N1CC1CCN(C(=O)CSc2ccccc2)CC1. The summed E-state index contributed by atoms with van der Waals surface area (Å²) in [4.78, 5) is 36.9. The number of thioether (sulfide) groups is 1. The fourth-order valence-corrected chi connectivity index (χ4v) is 8.14. The second-order valence-electron chi connectivity index (χ2n) is 12.3. The van der Waals surface area contributed by atoms with Crippen molar-refractivity contribution in [2.45, 2.75) is 100 Å². The number of hydrogen-bond donors (Lipinski definition) is 1. The average Bonchev–Trinajstić information content (AvgIpc) is 3.17. The van der Waals surface area contributed by atoms with Gasteiger partial charge in [0.25, 0.3) is 5.91 Å². The minimum absolute atomic E-state index is 0.170. The number of carbonyl (C=O) groups excluding carboxylic acids is 2. The van der Waals surface area contributed by atoms with E-state index < -0.39 is 5.54 Å². The number of rotatable bonds is 9. The number of benzene rings is 1. The first-order valence-electron chi connectivity index (χ1n) is 15.2. The van der Waals surface area contributed by atoms with Crippen molar-refractivity contribution in [3.05, 3.63) is 30.3 Å². The van der Waals surface area contributed by atoms with E-state index in [4.69, 9.17) is 10.7 Å². The molecule has 2 saturated carbocycles. The zero-order valence-electron chi connectivity index (χ0n) is 23.0. The molecule has 0 aromatic heterocycles. The van der Waals surface area contributed by atoms with Gasteiger partial charge >= 0.3 is 0 Å². The highest BCUT2D eigenvalue weighted by Crippen LogP contribution is 2.42. The predicted molar refractivity (Wildman–Crippen MR) is 155 cm³/mol. The van der Waals surface area contributed by atoms with Crippen LogP contribution >= 0.6 is 11.8 Å². The molecule has 5 rings (SSSR count). The molecule has 0 atom stereocenters. The molecule has 7 heteroatoms. The maximum Gasteiger partial charge on any atom is 0.257 e. The molecule has 1 aromatic rings. The molecule has 6 nitrogen and oxygen atoms in total. The van der Waals surface area contributed by atoms with E-state index in [1.165, 1.54) is 64.2 Å². The van der Waals surface area contributed by atoms with Crippen molar-refractivity contribution < 1.29 is 9.59 Å². The van der Waals surface area contributed by atoms with Crippen LogP contribution in [0.15, 0.2) is 40.2 Å². The highest BCUT2D eigenvalue weighted by molar-refractivity contribution is 8.00. The second-order valence-corrected chi connectivity index (χ2v) is 13.3. The Morgan fingerprint density at radius 1 is 0.868 bits per heavy atom. The van der Waals surface area contributed by atoms with Gasteiger partial charge in [-0.3, -0.25) is 14.5 Å². The Kier molecular flexibility index (Phi) is 9.34. The molecule has 0 spiro atoms. The molecular formula is C31H46N4O2S. The number of nitrogens with zero attached hydrogens (tertiary/aromatic N) is 3. The zero-order valence-corrected chi connectivity index (χ0v) is 23.8. The number of likely N-dealkylation sites (tertiary alicyclic amines) is 1. The molecule has 208 valence electrons. The number of amides is 2. The van der Waals surface area contributed by atoms with E-state index in [0.717, 1.165) is 43.7 Å². The van der Waals surface area contributed by atoms with Crippen LogP contribution in [0.5, 0.6) is 0 Å². The van der Waals surface area contributed by atoms with E-state index in [9.17, 15) is 9.59 Å². The number of piperidine rings is 1. The van der Waals surface area contributed by atoms with Crippen LogP contribution in [0.2, 0.25) is 0 Å². The predicted octanol–water partition coefficient (Wildman–Crippen LogP) is 5.85. The van der Waals surface area contributed by atoms with E-state index in [-0.39, 0.29) is 11.8 Å². The van der Waals surface area contributed by atoms with Crippen molar-refractivity contribution in [1.82, 2.24) is 9.80 Å². The second kappa shape index (κ2) is 12.9. The molecular weight excluding hydrogens is 492 g/mol. The molecule has 1 saturated heterocycles. The fraction of sp³-hybridized carbons (Fsp3) is 0.710. The third-order valence-corrected chi connectivity index (χ3v) is 10.5. The van der Waals surface area contributed by atoms with Crippen LogP contribution in [-0.2, 0) is 9.59 Å². The lowest BCUT2D eigenvalue weighted by atomic mass is 9.73. The number of hydrogen-bond acceptors (Lipinski definition) is 5. The van der Waals surface area contributed by atoms with Crippen LogP contribution in [-0.4, -0.2) is 58.5 Å².